The van der Waals surface area contributed by atoms with Crippen molar-refractivity contribution in [3.05, 3.63) is 59.7 Å². The van der Waals surface area contributed by atoms with E-state index in [0.717, 1.165) is 53.7 Å². The average Bonchev–Trinajstić information content (AvgIpc) is 3.57. The second-order valence-corrected chi connectivity index (χ2v) is 9.16. The van der Waals surface area contributed by atoms with Crippen molar-refractivity contribution in [2.24, 2.45) is 0 Å². The summed E-state index contributed by atoms with van der Waals surface area (Å²) >= 11 is 1.48. The number of hydrogen-bond donors (Lipinski definition) is 0. The van der Waals surface area contributed by atoms with Crippen LogP contribution in [0.5, 0.6) is 5.75 Å². The minimum atomic E-state index is 0.150. The Morgan fingerprint density at radius 3 is 2.62 bits per heavy atom. The van der Waals surface area contributed by atoms with E-state index < -0.39 is 0 Å². The van der Waals surface area contributed by atoms with Gasteiger partial charge in [0.15, 0.2) is 11.0 Å². The number of carbonyl (C=O) groups excluding carboxylic acids is 1. The first-order chi connectivity index (χ1) is 15.6. The van der Waals surface area contributed by atoms with E-state index in [-0.39, 0.29) is 5.91 Å². The smallest absolute Gasteiger partial charge is 0.233 e. The van der Waals surface area contributed by atoms with E-state index in [1.165, 1.54) is 17.3 Å². The van der Waals surface area contributed by atoms with Gasteiger partial charge in [-0.2, -0.15) is 0 Å². The van der Waals surface area contributed by atoms with E-state index in [1.54, 1.807) is 7.11 Å². The Morgan fingerprint density at radius 1 is 1.19 bits per heavy atom. The predicted octanol–water partition coefficient (Wildman–Crippen LogP) is 4.96. The fourth-order valence-corrected chi connectivity index (χ4v) is 4.61. The maximum absolute atomic E-state index is 13.1. The minimum absolute atomic E-state index is 0.150. The number of ether oxygens (including phenoxy) is 1. The molecular formula is C25H30N4O2S. The summed E-state index contributed by atoms with van der Waals surface area (Å²) in [6.45, 7) is 5.67. The van der Waals surface area contributed by atoms with E-state index in [2.05, 4.69) is 46.8 Å². The topological polar surface area (TPSA) is 60.2 Å². The number of benzene rings is 2. The summed E-state index contributed by atoms with van der Waals surface area (Å²) in [7, 11) is 1.66. The fraction of sp³-hybridized carbons (Fsp3) is 0.400. The van der Waals surface area contributed by atoms with Crippen molar-refractivity contribution in [3.8, 4) is 17.1 Å². The number of hydrogen-bond acceptors (Lipinski definition) is 5. The molecule has 3 aromatic rings. The number of nitrogens with zero attached hydrogens (tertiary/aromatic N) is 4. The van der Waals surface area contributed by atoms with E-state index in [1.807, 2.05) is 35.2 Å². The largest absolute Gasteiger partial charge is 0.497 e. The summed E-state index contributed by atoms with van der Waals surface area (Å²) in [4.78, 5) is 15.1. The van der Waals surface area contributed by atoms with Crippen LogP contribution in [0.3, 0.4) is 0 Å². The molecule has 4 rings (SSSR count). The van der Waals surface area contributed by atoms with Gasteiger partial charge in [0.1, 0.15) is 5.75 Å². The zero-order valence-electron chi connectivity index (χ0n) is 19.0. The lowest BCUT2D eigenvalue weighted by Crippen LogP contribution is -2.34. The fourth-order valence-electron chi connectivity index (χ4n) is 3.76. The second kappa shape index (κ2) is 10.2. The van der Waals surface area contributed by atoms with Crippen LogP contribution in [0.15, 0.2) is 53.7 Å². The quantitative estimate of drug-likeness (QED) is 0.409. The standard InChI is InChI=1S/C25H30N4O2S/c1-4-14-28-24(20-7-5-6-18(2)15-20)26-27-25(28)32-17-23(30)29(21-10-11-21)16-19-8-12-22(31-3)13-9-19/h5-9,12-13,15,21H,4,10-11,14,16-17H2,1-3H3. The molecule has 0 saturated heterocycles. The Bertz CT molecular complexity index is 1060. The van der Waals surface area contributed by atoms with Crippen LogP contribution in [0, 0.1) is 6.92 Å². The molecule has 1 saturated carbocycles. The van der Waals surface area contributed by atoms with Crippen molar-refractivity contribution in [1.82, 2.24) is 19.7 Å². The van der Waals surface area contributed by atoms with Crippen molar-refractivity contribution in [1.29, 1.82) is 0 Å². The molecule has 168 valence electrons. The molecule has 1 fully saturated rings. The molecule has 0 radical (unpaired) electrons. The third-order valence-corrected chi connectivity index (χ3v) is 6.54. The van der Waals surface area contributed by atoms with Crippen LogP contribution >= 0.6 is 11.8 Å². The van der Waals surface area contributed by atoms with E-state index in [4.69, 9.17) is 4.74 Å². The summed E-state index contributed by atoms with van der Waals surface area (Å²) in [5.41, 5.74) is 3.37. The highest BCUT2D eigenvalue weighted by Crippen LogP contribution is 2.31. The summed E-state index contributed by atoms with van der Waals surface area (Å²) < 4.78 is 7.38. The van der Waals surface area contributed by atoms with Crippen LogP contribution in [0.4, 0.5) is 0 Å². The third kappa shape index (κ3) is 5.33. The van der Waals surface area contributed by atoms with Crippen molar-refractivity contribution < 1.29 is 9.53 Å². The Labute approximate surface area is 194 Å². The first-order valence-corrected chi connectivity index (χ1v) is 12.1. The van der Waals surface area contributed by atoms with Gasteiger partial charge in [0.2, 0.25) is 5.91 Å². The van der Waals surface area contributed by atoms with E-state index in [0.29, 0.717) is 18.3 Å². The molecule has 1 aliphatic rings. The number of rotatable bonds is 10. The van der Waals surface area contributed by atoms with Crippen LogP contribution in [-0.4, -0.2) is 44.5 Å². The maximum atomic E-state index is 13.1. The molecule has 1 aromatic heterocycles. The molecule has 6 nitrogen and oxygen atoms in total. The lowest BCUT2D eigenvalue weighted by molar-refractivity contribution is -0.129. The van der Waals surface area contributed by atoms with Gasteiger partial charge in [-0.15, -0.1) is 10.2 Å². The SMILES string of the molecule is CCCn1c(SCC(=O)N(Cc2ccc(OC)cc2)C2CC2)nnc1-c1cccc(C)c1. The average molecular weight is 451 g/mol. The van der Waals surface area contributed by atoms with Gasteiger partial charge in [0.05, 0.1) is 12.9 Å². The Kier molecular flexibility index (Phi) is 7.15. The minimum Gasteiger partial charge on any atom is -0.497 e. The first-order valence-electron chi connectivity index (χ1n) is 11.1. The third-order valence-electron chi connectivity index (χ3n) is 5.59. The van der Waals surface area contributed by atoms with E-state index in [9.17, 15) is 4.79 Å². The summed E-state index contributed by atoms with van der Waals surface area (Å²) in [5, 5.41) is 9.69. The molecule has 7 heteroatoms. The highest BCUT2D eigenvalue weighted by Gasteiger charge is 2.32. The summed E-state index contributed by atoms with van der Waals surface area (Å²) in [6.07, 6.45) is 3.14. The molecule has 0 N–H and O–H groups in total. The van der Waals surface area contributed by atoms with Crippen LogP contribution in [0.25, 0.3) is 11.4 Å². The number of aromatic nitrogens is 3. The number of aryl methyl sites for hydroxylation is 1. The van der Waals surface area contributed by atoms with Gasteiger partial charge in [-0.1, -0.05) is 54.6 Å². The molecule has 32 heavy (non-hydrogen) atoms. The highest BCUT2D eigenvalue weighted by molar-refractivity contribution is 7.99. The van der Waals surface area contributed by atoms with Crippen LogP contribution in [0.2, 0.25) is 0 Å². The highest BCUT2D eigenvalue weighted by atomic mass is 32.2. The van der Waals surface area contributed by atoms with Gasteiger partial charge < -0.3 is 14.2 Å². The van der Waals surface area contributed by atoms with Crippen LogP contribution in [-0.2, 0) is 17.9 Å². The first kappa shape index (κ1) is 22.4. The summed E-state index contributed by atoms with van der Waals surface area (Å²) in [5.74, 6) is 2.20. The molecule has 0 unspecified atom stereocenters. The van der Waals surface area contributed by atoms with Gasteiger partial charge in [0.25, 0.3) is 0 Å². The molecule has 0 atom stereocenters. The molecule has 2 aromatic carbocycles. The monoisotopic (exact) mass is 450 g/mol. The van der Waals surface area contributed by atoms with Gasteiger partial charge in [-0.3, -0.25) is 4.79 Å². The van der Waals surface area contributed by atoms with Crippen LogP contribution < -0.4 is 4.74 Å². The molecular weight excluding hydrogens is 420 g/mol. The molecule has 0 bridgehead atoms. The van der Waals surface area contributed by atoms with Gasteiger partial charge in [-0.25, -0.2) is 0 Å². The van der Waals surface area contributed by atoms with E-state index >= 15 is 0 Å². The second-order valence-electron chi connectivity index (χ2n) is 8.22. The molecule has 0 spiro atoms. The molecule has 1 amide bonds. The van der Waals surface area contributed by atoms with Crippen molar-refractivity contribution >= 4 is 17.7 Å². The zero-order valence-corrected chi connectivity index (χ0v) is 19.8. The van der Waals surface area contributed by atoms with Crippen LogP contribution in [0.1, 0.15) is 37.3 Å². The number of methoxy groups -OCH3 is 1. The Balaban J connectivity index is 1.46. The number of carbonyl (C=O) groups is 1. The number of amides is 1. The zero-order chi connectivity index (χ0) is 22.5. The van der Waals surface area contributed by atoms with Gasteiger partial charge >= 0.3 is 0 Å². The lowest BCUT2D eigenvalue weighted by atomic mass is 10.1. The van der Waals surface area contributed by atoms with Crippen molar-refractivity contribution in [3.63, 3.8) is 0 Å². The Hall–Kier alpha value is -2.80. The molecule has 1 aliphatic carbocycles. The molecule has 1 heterocycles. The number of thioether (sulfide) groups is 1. The predicted molar refractivity (Wildman–Crippen MR) is 128 cm³/mol. The van der Waals surface area contributed by atoms with Crippen molar-refractivity contribution in [2.45, 2.75) is 57.4 Å². The lowest BCUT2D eigenvalue weighted by Gasteiger charge is -2.22. The Morgan fingerprint density at radius 2 is 1.97 bits per heavy atom. The summed E-state index contributed by atoms with van der Waals surface area (Å²) in [6, 6.07) is 16.6. The van der Waals surface area contributed by atoms with Gasteiger partial charge in [-0.05, 0) is 49.9 Å². The maximum Gasteiger partial charge on any atom is 0.233 e. The molecule has 0 aliphatic heterocycles. The van der Waals surface area contributed by atoms with Crippen molar-refractivity contribution in [2.75, 3.05) is 12.9 Å². The van der Waals surface area contributed by atoms with Gasteiger partial charge in [0, 0.05) is 24.7 Å². The normalized spacial score (nSPS) is 13.2.